The van der Waals surface area contributed by atoms with E-state index in [1.165, 1.54) is 28.7 Å². The Kier molecular flexibility index (Phi) is 8.05. The predicted molar refractivity (Wildman–Crippen MR) is 111 cm³/mol. The average Bonchev–Trinajstić information content (AvgIpc) is 3.07. The standard InChI is InChI=1S/C18H25N5O2S2/c1-5-12(4)19-16(25)21-15(24)10-26-18-23-22-17(27-18)20-14-8-6-13(7-9-14)11(2)3/h6-9,11-12H,5,10H2,1-4H3,(H,20,22)(H2,19,21,24,25)/t12-/m1/s1. The van der Waals surface area contributed by atoms with Gasteiger partial charge in [-0.1, -0.05) is 56.0 Å². The fourth-order valence-electron chi connectivity index (χ4n) is 2.05. The molecule has 2 aromatic rings. The Morgan fingerprint density at radius 2 is 1.85 bits per heavy atom. The quantitative estimate of drug-likeness (QED) is 0.570. The Morgan fingerprint density at radius 1 is 1.15 bits per heavy atom. The van der Waals surface area contributed by atoms with Crippen molar-refractivity contribution in [2.24, 2.45) is 0 Å². The maximum Gasteiger partial charge on any atom is 0.321 e. The fraction of sp³-hybridized carbons (Fsp3) is 0.444. The lowest BCUT2D eigenvalue weighted by Crippen LogP contribution is -2.43. The zero-order valence-corrected chi connectivity index (χ0v) is 17.5. The molecule has 27 heavy (non-hydrogen) atoms. The van der Waals surface area contributed by atoms with E-state index in [0.717, 1.165) is 12.1 Å². The number of urea groups is 1. The van der Waals surface area contributed by atoms with Crippen LogP contribution in [0.15, 0.2) is 28.6 Å². The molecule has 0 fully saturated rings. The highest BCUT2D eigenvalue weighted by atomic mass is 32.2. The molecule has 0 aliphatic heterocycles. The van der Waals surface area contributed by atoms with E-state index in [4.69, 9.17) is 0 Å². The Hall–Kier alpha value is -2.13. The van der Waals surface area contributed by atoms with Crippen LogP contribution < -0.4 is 16.0 Å². The van der Waals surface area contributed by atoms with Gasteiger partial charge in [-0.3, -0.25) is 10.1 Å². The third-order valence-electron chi connectivity index (χ3n) is 3.80. The molecular formula is C18H25N5O2S2. The van der Waals surface area contributed by atoms with Crippen molar-refractivity contribution in [1.29, 1.82) is 0 Å². The third kappa shape index (κ3) is 7.18. The summed E-state index contributed by atoms with van der Waals surface area (Å²) in [5.41, 5.74) is 2.21. The molecule has 3 amide bonds. The smallest absolute Gasteiger partial charge is 0.321 e. The van der Waals surface area contributed by atoms with Crippen LogP contribution in [-0.2, 0) is 4.79 Å². The second kappa shape index (κ2) is 10.3. The fourth-order valence-corrected chi connectivity index (χ4v) is 3.62. The molecule has 9 heteroatoms. The molecular weight excluding hydrogens is 382 g/mol. The van der Waals surface area contributed by atoms with Gasteiger partial charge >= 0.3 is 6.03 Å². The summed E-state index contributed by atoms with van der Waals surface area (Å²) in [6.45, 7) is 8.15. The van der Waals surface area contributed by atoms with Crippen molar-refractivity contribution >= 4 is 45.9 Å². The van der Waals surface area contributed by atoms with Gasteiger partial charge in [-0.2, -0.15) is 0 Å². The number of imide groups is 1. The summed E-state index contributed by atoms with van der Waals surface area (Å²) in [5.74, 6) is 0.225. The van der Waals surface area contributed by atoms with Crippen LogP contribution in [0.4, 0.5) is 15.6 Å². The molecule has 3 N–H and O–H groups in total. The van der Waals surface area contributed by atoms with Crippen molar-refractivity contribution in [2.45, 2.75) is 50.4 Å². The van der Waals surface area contributed by atoms with Gasteiger partial charge in [0.05, 0.1) is 5.75 Å². The molecule has 0 spiro atoms. The molecule has 0 bridgehead atoms. The minimum atomic E-state index is -0.473. The Labute approximate surface area is 167 Å². The van der Waals surface area contributed by atoms with Gasteiger partial charge in [-0.25, -0.2) is 4.79 Å². The molecule has 0 aliphatic carbocycles. The number of rotatable bonds is 8. The highest BCUT2D eigenvalue weighted by Crippen LogP contribution is 2.28. The zero-order valence-electron chi connectivity index (χ0n) is 15.9. The lowest BCUT2D eigenvalue weighted by molar-refractivity contribution is -0.117. The van der Waals surface area contributed by atoms with Gasteiger partial charge in [-0.15, -0.1) is 10.2 Å². The summed E-state index contributed by atoms with van der Waals surface area (Å²) in [6.07, 6.45) is 0.803. The van der Waals surface area contributed by atoms with Gasteiger partial charge in [0, 0.05) is 11.7 Å². The summed E-state index contributed by atoms with van der Waals surface area (Å²) in [4.78, 5) is 23.4. The lowest BCUT2D eigenvalue weighted by atomic mass is 10.0. The lowest BCUT2D eigenvalue weighted by Gasteiger charge is -2.11. The number of hydrogen-bond donors (Lipinski definition) is 3. The molecule has 1 aromatic heterocycles. The van der Waals surface area contributed by atoms with Crippen LogP contribution in [0.25, 0.3) is 0 Å². The number of amides is 3. The number of hydrogen-bond acceptors (Lipinski definition) is 7. The van der Waals surface area contributed by atoms with Crippen LogP contribution in [0.2, 0.25) is 0 Å². The first-order valence-corrected chi connectivity index (χ1v) is 10.6. The van der Waals surface area contributed by atoms with Crippen LogP contribution in [0.1, 0.15) is 45.6 Å². The number of anilines is 2. The van der Waals surface area contributed by atoms with Crippen molar-refractivity contribution in [3.8, 4) is 0 Å². The first-order valence-electron chi connectivity index (χ1n) is 8.81. The molecule has 0 unspecified atom stereocenters. The largest absolute Gasteiger partial charge is 0.335 e. The average molecular weight is 408 g/mol. The second-order valence-corrected chi connectivity index (χ2v) is 8.59. The molecule has 0 radical (unpaired) electrons. The minimum absolute atomic E-state index is 0.0249. The normalized spacial score (nSPS) is 11.9. The monoisotopic (exact) mass is 407 g/mol. The topological polar surface area (TPSA) is 96.0 Å². The number of thioether (sulfide) groups is 1. The van der Waals surface area contributed by atoms with E-state index in [1.807, 2.05) is 26.0 Å². The van der Waals surface area contributed by atoms with E-state index >= 15 is 0 Å². The highest BCUT2D eigenvalue weighted by Gasteiger charge is 2.12. The van der Waals surface area contributed by atoms with E-state index < -0.39 is 6.03 Å². The van der Waals surface area contributed by atoms with Crippen LogP contribution in [0, 0.1) is 0 Å². The van der Waals surface area contributed by atoms with Gasteiger partial charge in [0.25, 0.3) is 0 Å². The molecule has 1 atom stereocenters. The number of carbonyl (C=O) groups excluding carboxylic acids is 2. The van der Waals surface area contributed by atoms with Crippen molar-refractivity contribution in [3.63, 3.8) is 0 Å². The number of nitrogens with zero attached hydrogens (tertiary/aromatic N) is 2. The van der Waals surface area contributed by atoms with E-state index in [-0.39, 0.29) is 17.7 Å². The van der Waals surface area contributed by atoms with Crippen LogP contribution in [0.5, 0.6) is 0 Å². The van der Waals surface area contributed by atoms with Crippen molar-refractivity contribution < 1.29 is 9.59 Å². The summed E-state index contributed by atoms with van der Waals surface area (Å²) in [5, 5.41) is 17.0. The van der Waals surface area contributed by atoms with E-state index in [1.54, 1.807) is 0 Å². The predicted octanol–water partition coefficient (Wildman–Crippen LogP) is 4.12. The summed E-state index contributed by atoms with van der Waals surface area (Å²) in [6, 6.07) is 7.73. The third-order valence-corrected chi connectivity index (χ3v) is 5.78. The first-order chi connectivity index (χ1) is 12.9. The Morgan fingerprint density at radius 3 is 2.48 bits per heavy atom. The van der Waals surface area contributed by atoms with Crippen molar-refractivity contribution in [3.05, 3.63) is 29.8 Å². The minimum Gasteiger partial charge on any atom is -0.335 e. The van der Waals surface area contributed by atoms with E-state index in [2.05, 4.69) is 52.1 Å². The molecule has 0 aliphatic rings. The number of nitrogens with one attached hydrogen (secondary N) is 3. The molecule has 146 valence electrons. The van der Waals surface area contributed by atoms with Gasteiger partial charge in [0.1, 0.15) is 0 Å². The van der Waals surface area contributed by atoms with Crippen LogP contribution >= 0.6 is 23.1 Å². The van der Waals surface area contributed by atoms with Gasteiger partial charge in [0.15, 0.2) is 4.34 Å². The number of benzene rings is 1. The van der Waals surface area contributed by atoms with Crippen LogP contribution in [0.3, 0.4) is 0 Å². The van der Waals surface area contributed by atoms with Crippen LogP contribution in [-0.4, -0.2) is 33.9 Å². The first kappa shape index (κ1) is 21.2. The number of carbonyl (C=O) groups is 2. The molecule has 2 rings (SSSR count). The van der Waals surface area contributed by atoms with Crippen molar-refractivity contribution in [1.82, 2.24) is 20.8 Å². The van der Waals surface area contributed by atoms with Crippen molar-refractivity contribution in [2.75, 3.05) is 11.1 Å². The summed E-state index contributed by atoms with van der Waals surface area (Å²) >= 11 is 2.61. The van der Waals surface area contributed by atoms with Gasteiger partial charge in [0.2, 0.25) is 11.0 Å². The maximum atomic E-state index is 11.8. The molecule has 1 aromatic carbocycles. The molecule has 0 saturated heterocycles. The molecule has 1 heterocycles. The second-order valence-electron chi connectivity index (χ2n) is 6.39. The molecule has 0 saturated carbocycles. The van der Waals surface area contributed by atoms with E-state index in [0.29, 0.717) is 15.4 Å². The summed E-state index contributed by atoms with van der Waals surface area (Å²) < 4.78 is 0.661. The zero-order chi connectivity index (χ0) is 19.8. The maximum absolute atomic E-state index is 11.8. The van der Waals surface area contributed by atoms with E-state index in [9.17, 15) is 9.59 Å². The van der Waals surface area contributed by atoms with Gasteiger partial charge in [-0.05, 0) is 37.0 Å². The number of aromatic nitrogens is 2. The molecule has 7 nitrogen and oxygen atoms in total. The van der Waals surface area contributed by atoms with Gasteiger partial charge < -0.3 is 10.6 Å². The summed E-state index contributed by atoms with van der Waals surface area (Å²) in [7, 11) is 0. The highest BCUT2D eigenvalue weighted by molar-refractivity contribution is 8.01. The Bertz CT molecular complexity index is 761. The Balaban J connectivity index is 1.80. The SMILES string of the molecule is CC[C@@H](C)NC(=O)NC(=O)CSc1nnc(Nc2ccc(C(C)C)cc2)s1.